The molecule has 0 aliphatic carbocycles. The second kappa shape index (κ2) is 9.10. The molecule has 0 aromatic heterocycles. The van der Waals surface area contributed by atoms with E-state index in [9.17, 15) is 0 Å². The van der Waals surface area contributed by atoms with E-state index in [0.29, 0.717) is 0 Å². The van der Waals surface area contributed by atoms with E-state index in [0.717, 1.165) is 5.56 Å². The molecule has 1 aromatic rings. The Labute approximate surface area is 78.5 Å². The van der Waals surface area contributed by atoms with Gasteiger partial charge in [0, 0.05) is 24.0 Å². The van der Waals surface area contributed by atoms with Crippen molar-refractivity contribution in [1.29, 1.82) is 5.26 Å². The predicted molar refractivity (Wildman–Crippen MR) is 42.2 cm³/mol. The van der Waals surface area contributed by atoms with Gasteiger partial charge in [-0.1, -0.05) is 6.07 Å². The molecule has 0 bridgehead atoms. The molecule has 0 fully saturated rings. The fourth-order valence-corrected chi connectivity index (χ4v) is 0.478. The molecule has 0 N–H and O–H groups in total. The van der Waals surface area contributed by atoms with Gasteiger partial charge in [0.05, 0.1) is 6.07 Å². The van der Waals surface area contributed by atoms with Crippen molar-refractivity contribution in [2.75, 3.05) is 0 Å². The second-order valence-electron chi connectivity index (χ2n) is 1.71. The first-order chi connectivity index (χ1) is 4.81. The Hall–Kier alpha value is -0.901. The quantitative estimate of drug-likeness (QED) is 0.453. The average molecular weight is 188 g/mol. The first kappa shape index (κ1) is 12.7. The Morgan fingerprint density at radius 2 is 1.64 bits per heavy atom. The van der Waals surface area contributed by atoms with Crippen LogP contribution in [0, 0.1) is 18.3 Å². The molecule has 0 unspecified atom stereocenters. The van der Waals surface area contributed by atoms with E-state index >= 15 is 0 Å². The molecule has 0 aliphatic rings. The third-order valence-electron chi connectivity index (χ3n) is 0.843. The number of nitrogens with zero attached hydrogens (tertiary/aromatic N) is 1. The van der Waals surface area contributed by atoms with Gasteiger partial charge < -0.3 is 0 Å². The monoisotopic (exact) mass is 188 g/mol. The van der Waals surface area contributed by atoms with E-state index in [2.05, 4.69) is 6.92 Å². The predicted octanol–water partition coefficient (Wildman–Crippen LogP) is 2.40. The minimum Gasteiger partial charge on any atom is -0.199 e. The molecular weight excluding hydrogens is 178 g/mol. The van der Waals surface area contributed by atoms with Gasteiger partial charge in [0.15, 0.2) is 0 Å². The van der Waals surface area contributed by atoms with Crippen LogP contribution in [0.1, 0.15) is 12.5 Å². The minimum absolute atomic E-state index is 0. The first-order valence-corrected chi connectivity index (χ1v) is 2.99. The Kier molecular flexibility index (Phi) is 10.5. The number of hydrogen-bond donors (Lipinski definition) is 0. The Bertz CT molecular complexity index is 201. The molecule has 0 heterocycles. The van der Waals surface area contributed by atoms with E-state index in [1.54, 1.807) is 6.07 Å². The van der Waals surface area contributed by atoms with E-state index < -0.39 is 0 Å². The molecule has 11 heavy (non-hydrogen) atoms. The van der Waals surface area contributed by atoms with Gasteiger partial charge in [-0.05, 0) is 0 Å². The smallest absolute Gasteiger partial charge is 0.0587 e. The van der Waals surface area contributed by atoms with Gasteiger partial charge in [0.1, 0.15) is 0 Å². The van der Waals surface area contributed by atoms with Crippen molar-refractivity contribution in [1.82, 2.24) is 0 Å². The van der Waals surface area contributed by atoms with Crippen molar-refractivity contribution in [3.63, 3.8) is 0 Å². The number of hydrogen-bond acceptors (Lipinski definition) is 1. The van der Waals surface area contributed by atoms with Crippen LogP contribution in [0.3, 0.4) is 0 Å². The molecule has 0 radical (unpaired) electrons. The summed E-state index contributed by atoms with van der Waals surface area (Å²) in [6, 6.07) is 11.6. The van der Waals surface area contributed by atoms with Crippen LogP contribution in [0.4, 0.5) is 0 Å². The van der Waals surface area contributed by atoms with Crippen molar-refractivity contribution in [3.8, 4) is 6.07 Å². The standard InChI is InChI=1S/C7H7.C2H3N.Fe/c1-7-5-3-2-4-6-7;1-2-3;/h2-6H,1H2;1H3;/q-1;;. The van der Waals surface area contributed by atoms with E-state index in [-0.39, 0.29) is 17.1 Å². The number of benzene rings is 1. The van der Waals surface area contributed by atoms with Crippen LogP contribution in [0.15, 0.2) is 30.3 Å². The molecule has 0 saturated carbocycles. The van der Waals surface area contributed by atoms with Crippen LogP contribution in [-0.4, -0.2) is 0 Å². The van der Waals surface area contributed by atoms with Gasteiger partial charge in [-0.2, -0.15) is 29.9 Å². The minimum atomic E-state index is 0. The van der Waals surface area contributed by atoms with Gasteiger partial charge in [-0.25, -0.2) is 0 Å². The third-order valence-corrected chi connectivity index (χ3v) is 0.843. The SMILES string of the molecule is CC#N.[CH2-]c1ccccc1.[Fe]. The molecule has 1 aromatic carbocycles. The zero-order valence-electron chi connectivity index (χ0n) is 6.39. The topological polar surface area (TPSA) is 23.8 Å². The zero-order chi connectivity index (χ0) is 7.82. The summed E-state index contributed by atoms with van der Waals surface area (Å²) in [5.41, 5.74) is 1.07. The van der Waals surface area contributed by atoms with Crippen molar-refractivity contribution in [3.05, 3.63) is 42.8 Å². The van der Waals surface area contributed by atoms with Gasteiger partial charge >= 0.3 is 0 Å². The normalized spacial score (nSPS) is 6.18. The molecule has 2 heteroatoms. The van der Waals surface area contributed by atoms with Crippen LogP contribution >= 0.6 is 0 Å². The van der Waals surface area contributed by atoms with Gasteiger partial charge in [-0.3, -0.25) is 0 Å². The summed E-state index contributed by atoms with van der Waals surface area (Å²) in [5.74, 6) is 0. The number of rotatable bonds is 0. The maximum absolute atomic E-state index is 7.32. The van der Waals surface area contributed by atoms with Gasteiger partial charge in [0.2, 0.25) is 0 Å². The maximum Gasteiger partial charge on any atom is 0.0587 e. The molecule has 60 valence electrons. The molecule has 1 nitrogen and oxygen atoms in total. The van der Waals surface area contributed by atoms with Gasteiger partial charge in [0.25, 0.3) is 0 Å². The van der Waals surface area contributed by atoms with Crippen LogP contribution in [-0.2, 0) is 17.1 Å². The van der Waals surface area contributed by atoms with E-state index in [1.807, 2.05) is 30.3 Å². The zero-order valence-corrected chi connectivity index (χ0v) is 7.50. The van der Waals surface area contributed by atoms with E-state index in [1.165, 1.54) is 6.92 Å². The summed E-state index contributed by atoms with van der Waals surface area (Å²) in [5, 5.41) is 7.32. The molecule has 0 amide bonds. The Balaban J connectivity index is 0. The maximum atomic E-state index is 7.32. The molecular formula is C9H10FeN-. The summed E-state index contributed by atoms with van der Waals surface area (Å²) >= 11 is 0. The average Bonchev–Trinajstić information content (AvgIpc) is 1.91. The fraction of sp³-hybridized carbons (Fsp3) is 0.111. The van der Waals surface area contributed by atoms with E-state index in [4.69, 9.17) is 5.26 Å². The Morgan fingerprint density at radius 1 is 1.27 bits per heavy atom. The third kappa shape index (κ3) is 9.10. The van der Waals surface area contributed by atoms with Crippen LogP contribution in [0.5, 0.6) is 0 Å². The molecule has 1 rings (SSSR count). The van der Waals surface area contributed by atoms with Crippen LogP contribution in [0.25, 0.3) is 0 Å². The van der Waals surface area contributed by atoms with Crippen LogP contribution in [0.2, 0.25) is 0 Å². The van der Waals surface area contributed by atoms with Crippen molar-refractivity contribution in [2.45, 2.75) is 6.92 Å². The fourth-order valence-electron chi connectivity index (χ4n) is 0.478. The first-order valence-electron chi connectivity index (χ1n) is 2.99. The number of nitriles is 1. The summed E-state index contributed by atoms with van der Waals surface area (Å²) in [6.45, 7) is 5.15. The van der Waals surface area contributed by atoms with Crippen molar-refractivity contribution < 1.29 is 17.1 Å². The van der Waals surface area contributed by atoms with Crippen molar-refractivity contribution in [2.24, 2.45) is 0 Å². The summed E-state index contributed by atoms with van der Waals surface area (Å²) in [7, 11) is 0. The summed E-state index contributed by atoms with van der Waals surface area (Å²) < 4.78 is 0. The molecule has 0 aliphatic heterocycles. The molecule has 0 saturated heterocycles. The Morgan fingerprint density at radius 3 is 1.82 bits per heavy atom. The summed E-state index contributed by atoms with van der Waals surface area (Å²) in [6.07, 6.45) is 0. The molecule has 0 spiro atoms. The molecule has 0 atom stereocenters. The van der Waals surface area contributed by atoms with Crippen LogP contribution < -0.4 is 0 Å². The second-order valence-corrected chi connectivity index (χ2v) is 1.71. The summed E-state index contributed by atoms with van der Waals surface area (Å²) in [4.78, 5) is 0. The van der Waals surface area contributed by atoms with Gasteiger partial charge in [-0.15, -0.1) is 12.1 Å². The van der Waals surface area contributed by atoms with Crippen molar-refractivity contribution >= 4 is 0 Å². The largest absolute Gasteiger partial charge is 0.199 e.